The summed E-state index contributed by atoms with van der Waals surface area (Å²) in [5.74, 6) is -2.56. The van der Waals surface area contributed by atoms with E-state index in [1.165, 1.54) is 0 Å². The van der Waals surface area contributed by atoms with E-state index in [1.54, 1.807) is 0 Å². The van der Waals surface area contributed by atoms with Crippen LogP contribution < -0.4 is 0 Å². The molecule has 5 nitrogen and oxygen atoms in total. The average molecular weight is 455 g/mol. The molecule has 0 spiro atoms. The van der Waals surface area contributed by atoms with Gasteiger partial charge in [0, 0.05) is 28.8 Å². The fraction of sp³-hybridized carbons (Fsp3) is 0.235. The van der Waals surface area contributed by atoms with E-state index in [0.29, 0.717) is 4.68 Å². The Morgan fingerprint density at radius 3 is 2.10 bits per heavy atom. The van der Waals surface area contributed by atoms with Crippen molar-refractivity contribution in [2.75, 3.05) is 0 Å². The van der Waals surface area contributed by atoms with Gasteiger partial charge in [-0.05, 0) is 18.2 Å². The van der Waals surface area contributed by atoms with Crippen molar-refractivity contribution < 1.29 is 48.8 Å². The lowest BCUT2D eigenvalue weighted by atomic mass is 9.95. The molecule has 2 heterocycles. The van der Waals surface area contributed by atoms with Crippen molar-refractivity contribution >= 4 is 38.4 Å². The summed E-state index contributed by atoms with van der Waals surface area (Å²) in [6, 6.07) is 1.91. The minimum Gasteiger partial charge on any atom is -0.355 e. The normalized spacial score (nSPS) is 13.6. The van der Waals surface area contributed by atoms with Crippen LogP contribution in [0.3, 0.4) is 0 Å². The second-order valence-electron chi connectivity index (χ2n) is 6.51. The first-order chi connectivity index (χ1) is 14.1. The first kappa shape index (κ1) is 20.9. The number of hydrogen-bond donors (Lipinski definition) is 0. The van der Waals surface area contributed by atoms with E-state index in [-0.39, 0.29) is 6.07 Å². The van der Waals surface area contributed by atoms with Crippen molar-refractivity contribution in [3.05, 3.63) is 35.2 Å². The van der Waals surface area contributed by atoms with E-state index in [1.807, 2.05) is 0 Å². The summed E-state index contributed by atoms with van der Waals surface area (Å²) in [6.45, 7) is 0. The van der Waals surface area contributed by atoms with Crippen molar-refractivity contribution in [1.82, 2.24) is 14.9 Å². The lowest BCUT2D eigenvalue weighted by Crippen LogP contribution is -2.23. The molecule has 0 saturated carbocycles. The van der Waals surface area contributed by atoms with Gasteiger partial charge < -0.3 is 4.52 Å². The zero-order chi connectivity index (χ0) is 23.1. The Hall–Kier alpha value is -3.32. The van der Waals surface area contributed by atoms with Crippen LogP contribution in [-0.2, 0) is 19.4 Å². The Bertz CT molecular complexity index is 1370. The minimum absolute atomic E-state index is 0.258. The Morgan fingerprint density at radius 1 is 0.935 bits per heavy atom. The second kappa shape index (κ2) is 6.11. The number of benzene rings is 2. The van der Waals surface area contributed by atoms with Gasteiger partial charge in [0.2, 0.25) is 0 Å². The summed E-state index contributed by atoms with van der Waals surface area (Å²) < 4.78 is 124. The fourth-order valence-electron chi connectivity index (χ4n) is 3.44. The maximum atomic E-state index is 13.4. The van der Waals surface area contributed by atoms with Crippen LogP contribution in [-0.4, -0.2) is 26.9 Å². The van der Waals surface area contributed by atoms with Crippen molar-refractivity contribution in [3.63, 3.8) is 0 Å². The molecule has 4 aromatic rings. The maximum Gasteiger partial charge on any atom is 0.454 e. The maximum absolute atomic E-state index is 13.4. The van der Waals surface area contributed by atoms with E-state index in [2.05, 4.69) is 14.8 Å². The van der Waals surface area contributed by atoms with Gasteiger partial charge in [-0.15, -0.1) is 0 Å². The van der Waals surface area contributed by atoms with Crippen LogP contribution in [0.2, 0.25) is 0 Å². The average Bonchev–Trinajstić information content (AvgIpc) is 3.18. The summed E-state index contributed by atoms with van der Waals surface area (Å²) in [7, 11) is 0.884. The van der Waals surface area contributed by atoms with Crippen molar-refractivity contribution in [2.24, 2.45) is 7.05 Å². The van der Waals surface area contributed by atoms with Gasteiger partial charge in [-0.25, -0.2) is 0 Å². The number of halogens is 9. The summed E-state index contributed by atoms with van der Waals surface area (Å²) >= 11 is 0. The topological polar surface area (TPSA) is 60.9 Å². The van der Waals surface area contributed by atoms with E-state index in [9.17, 15) is 44.3 Å². The number of rotatable bonds is 1. The van der Waals surface area contributed by atoms with Gasteiger partial charge in [0.05, 0.1) is 5.39 Å². The predicted molar refractivity (Wildman–Crippen MR) is 86.2 cm³/mol. The largest absolute Gasteiger partial charge is 0.454 e. The summed E-state index contributed by atoms with van der Waals surface area (Å²) in [6.07, 6.45) is -15.6. The number of hydrogen-bond acceptors (Lipinski definition) is 4. The number of carbonyl (C=O) groups is 1. The molecule has 31 heavy (non-hydrogen) atoms. The molecule has 4 rings (SSSR count). The van der Waals surface area contributed by atoms with Crippen LogP contribution in [0, 0.1) is 0 Å². The molecule has 0 saturated heterocycles. The standard InChI is InChI=1S/C17H6F9N3O2/c1-29-13(16(21,22)23)6-3-2-5-9(10(6)27-29)7(14(30)17(24,25)26)4-8-11(5)31-28-12(8)15(18,19)20/h2-4H,1H3. The molecule has 0 amide bonds. The van der Waals surface area contributed by atoms with Crippen LogP contribution in [0.5, 0.6) is 0 Å². The van der Waals surface area contributed by atoms with E-state index >= 15 is 0 Å². The molecule has 0 atom stereocenters. The highest BCUT2D eigenvalue weighted by molar-refractivity contribution is 6.24. The first-order valence-electron chi connectivity index (χ1n) is 8.10. The molecular formula is C17H6F9N3O2. The molecule has 2 aromatic carbocycles. The molecule has 0 fully saturated rings. The van der Waals surface area contributed by atoms with Crippen LogP contribution in [0.15, 0.2) is 22.7 Å². The lowest BCUT2D eigenvalue weighted by molar-refractivity contribution is -0.142. The third-order valence-corrected chi connectivity index (χ3v) is 4.58. The Kier molecular flexibility index (Phi) is 4.12. The molecule has 164 valence electrons. The number of fused-ring (bicyclic) bond motifs is 5. The minimum atomic E-state index is -5.53. The van der Waals surface area contributed by atoms with Gasteiger partial charge in [0.15, 0.2) is 11.3 Å². The van der Waals surface area contributed by atoms with Gasteiger partial charge in [0.1, 0.15) is 11.2 Å². The first-order valence-corrected chi connectivity index (χ1v) is 8.10. The summed E-state index contributed by atoms with van der Waals surface area (Å²) in [5.41, 5.74) is -5.61. The predicted octanol–water partition coefficient (Wildman–Crippen LogP) is 5.65. The third kappa shape index (κ3) is 3.08. The smallest absolute Gasteiger partial charge is 0.355 e. The second-order valence-corrected chi connectivity index (χ2v) is 6.51. The molecule has 0 aliphatic carbocycles. The van der Waals surface area contributed by atoms with Gasteiger partial charge in [-0.2, -0.15) is 44.6 Å². The molecule has 0 unspecified atom stereocenters. The monoisotopic (exact) mass is 455 g/mol. The number of alkyl halides is 9. The number of aryl methyl sites for hydroxylation is 1. The number of aromatic nitrogens is 3. The van der Waals surface area contributed by atoms with Crippen LogP contribution >= 0.6 is 0 Å². The fourth-order valence-corrected chi connectivity index (χ4v) is 3.44. The molecule has 0 N–H and O–H groups in total. The number of ketones is 1. The van der Waals surface area contributed by atoms with Crippen LogP contribution in [0.4, 0.5) is 39.5 Å². The number of carbonyl (C=O) groups excluding carboxylic acids is 1. The molecule has 2 aromatic heterocycles. The highest BCUT2D eigenvalue weighted by Crippen LogP contribution is 2.43. The van der Waals surface area contributed by atoms with Crippen molar-refractivity contribution in [1.29, 1.82) is 0 Å². The Labute approximate surface area is 164 Å². The SMILES string of the molecule is Cn1nc2c(ccc3c4onc(C(F)(F)F)c4cc(C(=O)C(F)(F)F)c32)c1C(F)(F)F. The summed E-state index contributed by atoms with van der Waals surface area (Å²) in [5, 5.41) is 3.61. The van der Waals surface area contributed by atoms with Gasteiger partial charge >= 0.3 is 18.5 Å². The van der Waals surface area contributed by atoms with Crippen molar-refractivity contribution in [3.8, 4) is 0 Å². The lowest BCUT2D eigenvalue weighted by Gasteiger charge is -2.11. The quantitative estimate of drug-likeness (QED) is 0.275. The zero-order valence-corrected chi connectivity index (χ0v) is 14.8. The van der Waals surface area contributed by atoms with E-state index < -0.39 is 73.9 Å². The van der Waals surface area contributed by atoms with E-state index in [0.717, 1.165) is 19.2 Å². The molecule has 0 aliphatic rings. The van der Waals surface area contributed by atoms with Crippen molar-refractivity contribution in [2.45, 2.75) is 18.5 Å². The highest BCUT2D eigenvalue weighted by Gasteiger charge is 2.44. The Balaban J connectivity index is 2.25. The molecule has 14 heteroatoms. The molecule has 0 aliphatic heterocycles. The number of Topliss-reactive ketones (excluding diaryl/α,β-unsaturated/α-hetero) is 1. The van der Waals surface area contributed by atoms with Gasteiger partial charge in [-0.1, -0.05) is 5.16 Å². The number of nitrogens with zero attached hydrogens (tertiary/aromatic N) is 3. The molecular weight excluding hydrogens is 449 g/mol. The van der Waals surface area contributed by atoms with Crippen LogP contribution in [0.25, 0.3) is 32.6 Å². The van der Waals surface area contributed by atoms with E-state index in [4.69, 9.17) is 0 Å². The zero-order valence-electron chi connectivity index (χ0n) is 14.8. The Morgan fingerprint density at radius 2 is 1.55 bits per heavy atom. The third-order valence-electron chi connectivity index (χ3n) is 4.58. The van der Waals surface area contributed by atoms with Gasteiger partial charge in [0.25, 0.3) is 5.78 Å². The highest BCUT2D eigenvalue weighted by atomic mass is 19.4. The molecule has 0 radical (unpaired) electrons. The summed E-state index contributed by atoms with van der Waals surface area (Å²) in [4.78, 5) is 12.0. The van der Waals surface area contributed by atoms with Gasteiger partial charge in [-0.3, -0.25) is 9.48 Å². The molecule has 0 bridgehead atoms. The van der Waals surface area contributed by atoms with Crippen LogP contribution in [0.1, 0.15) is 21.7 Å².